The molecule has 0 saturated heterocycles. The Balaban J connectivity index is 1.97. The number of rotatable bonds is 7. The summed E-state index contributed by atoms with van der Waals surface area (Å²) in [5.74, 6) is 0.913. The molecule has 0 aromatic heterocycles. The summed E-state index contributed by atoms with van der Waals surface area (Å²) < 4.78 is 5.19. The normalized spacial score (nSPS) is 12.1. The van der Waals surface area contributed by atoms with E-state index < -0.39 is 0 Å². The van der Waals surface area contributed by atoms with E-state index in [9.17, 15) is 0 Å². The molecule has 1 N–H and O–H groups in total. The van der Waals surface area contributed by atoms with Crippen LogP contribution in [0.15, 0.2) is 53.4 Å². The first-order valence-corrected chi connectivity index (χ1v) is 8.43. The number of ether oxygens (including phenoxy) is 1. The van der Waals surface area contributed by atoms with Crippen molar-refractivity contribution in [3.05, 3.63) is 59.7 Å². The Kier molecular flexibility index (Phi) is 6.15. The predicted octanol–water partition coefficient (Wildman–Crippen LogP) is 4.31. The number of benzene rings is 2. The number of aryl methyl sites for hydroxylation is 1. The van der Waals surface area contributed by atoms with Crippen molar-refractivity contribution in [1.29, 1.82) is 0 Å². The van der Waals surface area contributed by atoms with E-state index in [0.717, 1.165) is 18.6 Å². The van der Waals surface area contributed by atoms with Gasteiger partial charge in [0.2, 0.25) is 0 Å². The monoisotopic (exact) mass is 301 g/mol. The summed E-state index contributed by atoms with van der Waals surface area (Å²) in [5.41, 5.74) is 2.69. The Bertz CT molecular complexity index is 536. The second kappa shape index (κ2) is 8.11. The van der Waals surface area contributed by atoms with Gasteiger partial charge in [-0.2, -0.15) is 0 Å². The summed E-state index contributed by atoms with van der Waals surface area (Å²) >= 11 is 1.78. The SMILES string of the molecule is CNC(CCc1ccc(OC)cc1)c1ccc(SC)cc1. The minimum Gasteiger partial charge on any atom is -0.497 e. The molecule has 21 heavy (non-hydrogen) atoms. The second-order valence-corrected chi connectivity index (χ2v) is 5.88. The van der Waals surface area contributed by atoms with Crippen LogP contribution in [0.25, 0.3) is 0 Å². The first-order valence-electron chi connectivity index (χ1n) is 7.21. The molecular formula is C18H23NOS. The molecule has 2 aromatic rings. The lowest BCUT2D eigenvalue weighted by molar-refractivity contribution is 0.414. The van der Waals surface area contributed by atoms with Crippen LogP contribution in [0.5, 0.6) is 5.75 Å². The molecule has 0 aliphatic carbocycles. The summed E-state index contributed by atoms with van der Waals surface area (Å²) in [4.78, 5) is 1.31. The Hall–Kier alpha value is -1.45. The topological polar surface area (TPSA) is 21.3 Å². The predicted molar refractivity (Wildman–Crippen MR) is 91.3 cm³/mol. The van der Waals surface area contributed by atoms with Gasteiger partial charge in [-0.05, 0) is 61.5 Å². The van der Waals surface area contributed by atoms with Crippen LogP contribution in [-0.4, -0.2) is 20.4 Å². The molecule has 0 aliphatic rings. The molecule has 112 valence electrons. The van der Waals surface area contributed by atoms with Gasteiger partial charge in [-0.25, -0.2) is 0 Å². The van der Waals surface area contributed by atoms with Gasteiger partial charge in [0, 0.05) is 10.9 Å². The first-order chi connectivity index (χ1) is 10.3. The van der Waals surface area contributed by atoms with Gasteiger partial charge >= 0.3 is 0 Å². The Morgan fingerprint density at radius 3 is 2.24 bits per heavy atom. The number of hydrogen-bond donors (Lipinski definition) is 1. The summed E-state index contributed by atoms with van der Waals surface area (Å²) in [6.45, 7) is 0. The van der Waals surface area contributed by atoms with Crippen molar-refractivity contribution in [2.45, 2.75) is 23.8 Å². The van der Waals surface area contributed by atoms with Gasteiger partial charge in [0.05, 0.1) is 7.11 Å². The summed E-state index contributed by atoms with van der Waals surface area (Å²) in [6.07, 6.45) is 4.25. The number of hydrogen-bond acceptors (Lipinski definition) is 3. The van der Waals surface area contributed by atoms with Gasteiger partial charge in [-0.1, -0.05) is 24.3 Å². The van der Waals surface area contributed by atoms with Gasteiger partial charge < -0.3 is 10.1 Å². The second-order valence-electron chi connectivity index (χ2n) is 5.00. The van der Waals surface area contributed by atoms with Crippen LogP contribution in [-0.2, 0) is 6.42 Å². The average Bonchev–Trinajstić information content (AvgIpc) is 2.56. The van der Waals surface area contributed by atoms with Crippen molar-refractivity contribution < 1.29 is 4.74 Å². The molecular weight excluding hydrogens is 278 g/mol. The van der Waals surface area contributed by atoms with Gasteiger partial charge in [0.25, 0.3) is 0 Å². The van der Waals surface area contributed by atoms with Crippen LogP contribution in [0.4, 0.5) is 0 Å². The van der Waals surface area contributed by atoms with Crippen LogP contribution in [0.1, 0.15) is 23.6 Å². The maximum absolute atomic E-state index is 5.19. The fourth-order valence-electron chi connectivity index (χ4n) is 2.42. The van der Waals surface area contributed by atoms with Crippen molar-refractivity contribution in [2.75, 3.05) is 20.4 Å². The van der Waals surface area contributed by atoms with E-state index in [1.54, 1.807) is 18.9 Å². The van der Waals surface area contributed by atoms with Gasteiger partial charge in [-0.15, -0.1) is 11.8 Å². The molecule has 0 bridgehead atoms. The van der Waals surface area contributed by atoms with E-state index in [1.165, 1.54) is 16.0 Å². The fraction of sp³-hybridized carbons (Fsp3) is 0.333. The number of nitrogens with one attached hydrogen (secondary N) is 1. The Morgan fingerprint density at radius 2 is 1.71 bits per heavy atom. The molecule has 0 amide bonds. The highest BCUT2D eigenvalue weighted by Gasteiger charge is 2.09. The van der Waals surface area contributed by atoms with E-state index in [-0.39, 0.29) is 0 Å². The maximum Gasteiger partial charge on any atom is 0.118 e. The molecule has 0 aliphatic heterocycles. The molecule has 2 rings (SSSR count). The molecule has 0 fully saturated rings. The van der Waals surface area contributed by atoms with Crippen molar-refractivity contribution in [3.8, 4) is 5.75 Å². The smallest absolute Gasteiger partial charge is 0.118 e. The van der Waals surface area contributed by atoms with Crippen molar-refractivity contribution >= 4 is 11.8 Å². The van der Waals surface area contributed by atoms with Crippen molar-refractivity contribution in [2.24, 2.45) is 0 Å². The van der Waals surface area contributed by atoms with Crippen molar-refractivity contribution in [1.82, 2.24) is 5.32 Å². The van der Waals surface area contributed by atoms with E-state index >= 15 is 0 Å². The van der Waals surface area contributed by atoms with Crippen molar-refractivity contribution in [3.63, 3.8) is 0 Å². The van der Waals surface area contributed by atoms with Gasteiger partial charge in [0.15, 0.2) is 0 Å². The van der Waals surface area contributed by atoms with E-state index in [4.69, 9.17) is 4.74 Å². The molecule has 0 heterocycles. The molecule has 0 radical (unpaired) electrons. The zero-order valence-corrected chi connectivity index (χ0v) is 13.7. The lowest BCUT2D eigenvalue weighted by Gasteiger charge is -2.17. The third-order valence-corrected chi connectivity index (χ3v) is 4.49. The van der Waals surface area contributed by atoms with E-state index in [0.29, 0.717) is 6.04 Å². The number of methoxy groups -OCH3 is 1. The minimum absolute atomic E-state index is 0.392. The fourth-order valence-corrected chi connectivity index (χ4v) is 2.83. The van der Waals surface area contributed by atoms with Crippen LogP contribution < -0.4 is 10.1 Å². The number of thioether (sulfide) groups is 1. The average molecular weight is 301 g/mol. The van der Waals surface area contributed by atoms with Crippen LogP contribution >= 0.6 is 11.8 Å². The maximum atomic E-state index is 5.19. The summed E-state index contributed by atoms with van der Waals surface area (Å²) in [6, 6.07) is 17.6. The van der Waals surface area contributed by atoms with E-state index in [1.807, 2.05) is 19.2 Å². The summed E-state index contributed by atoms with van der Waals surface area (Å²) in [7, 11) is 3.73. The summed E-state index contributed by atoms with van der Waals surface area (Å²) in [5, 5.41) is 3.42. The van der Waals surface area contributed by atoms with E-state index in [2.05, 4.69) is 48.0 Å². The first kappa shape index (κ1) is 15.9. The zero-order chi connectivity index (χ0) is 15.1. The Morgan fingerprint density at radius 1 is 1.05 bits per heavy atom. The molecule has 3 heteroatoms. The lowest BCUT2D eigenvalue weighted by atomic mass is 9.99. The Labute approximate surface area is 131 Å². The van der Waals surface area contributed by atoms with Crippen LogP contribution in [0, 0.1) is 0 Å². The molecule has 2 nitrogen and oxygen atoms in total. The van der Waals surface area contributed by atoms with Crippen LogP contribution in [0.2, 0.25) is 0 Å². The molecule has 1 unspecified atom stereocenters. The standard InChI is InChI=1S/C18H23NOS/c1-19-18(15-7-11-17(21-3)12-8-15)13-6-14-4-9-16(20-2)10-5-14/h4-5,7-12,18-19H,6,13H2,1-3H3. The minimum atomic E-state index is 0.392. The highest BCUT2D eigenvalue weighted by molar-refractivity contribution is 7.98. The lowest BCUT2D eigenvalue weighted by Crippen LogP contribution is -2.17. The third kappa shape index (κ3) is 4.51. The third-order valence-electron chi connectivity index (χ3n) is 3.75. The molecule has 1 atom stereocenters. The molecule has 2 aromatic carbocycles. The zero-order valence-electron chi connectivity index (χ0n) is 12.9. The van der Waals surface area contributed by atoms with Gasteiger partial charge in [0.1, 0.15) is 5.75 Å². The molecule has 0 spiro atoms. The molecule has 0 saturated carbocycles. The highest BCUT2D eigenvalue weighted by Crippen LogP contribution is 2.23. The van der Waals surface area contributed by atoms with Crippen LogP contribution in [0.3, 0.4) is 0 Å². The largest absolute Gasteiger partial charge is 0.497 e. The quantitative estimate of drug-likeness (QED) is 0.770. The van der Waals surface area contributed by atoms with Gasteiger partial charge in [-0.3, -0.25) is 0 Å². The highest BCUT2D eigenvalue weighted by atomic mass is 32.2.